The normalized spacial score (nSPS) is 10.3. The summed E-state index contributed by atoms with van der Waals surface area (Å²) in [6, 6.07) is 3.40. The topological polar surface area (TPSA) is 80.8 Å². The van der Waals surface area contributed by atoms with Crippen LogP contribution in [0.25, 0.3) is 0 Å². The molecule has 0 aliphatic carbocycles. The first-order valence-electron chi connectivity index (χ1n) is 6.28. The molecule has 2 aromatic rings. The average Bonchev–Trinajstić information content (AvgIpc) is 2.72. The van der Waals surface area contributed by atoms with Gasteiger partial charge < -0.3 is 24.7 Å². The minimum atomic E-state index is 0.460. The van der Waals surface area contributed by atoms with E-state index in [-0.39, 0.29) is 0 Å². The average molecular weight is 293 g/mol. The van der Waals surface area contributed by atoms with Crippen LogP contribution in [0.15, 0.2) is 12.1 Å². The molecule has 0 spiro atoms. The quantitative estimate of drug-likeness (QED) is 0.909. The lowest BCUT2D eigenvalue weighted by atomic mass is 10.2. The summed E-state index contributed by atoms with van der Waals surface area (Å²) < 4.78 is 23.2. The molecule has 21 heavy (non-hydrogen) atoms. The third-order valence-electron chi connectivity index (χ3n) is 3.07. The predicted octanol–water partition coefficient (Wildman–Crippen LogP) is 2.13. The summed E-state index contributed by atoms with van der Waals surface area (Å²) in [6.45, 7) is 1.82. The Hall–Kier alpha value is -2.57. The van der Waals surface area contributed by atoms with Gasteiger partial charge in [0.2, 0.25) is 11.6 Å². The minimum Gasteiger partial charge on any atom is -0.493 e. The third-order valence-corrected chi connectivity index (χ3v) is 3.07. The highest BCUT2D eigenvalue weighted by Gasteiger charge is 2.17. The fourth-order valence-electron chi connectivity index (χ4n) is 2.00. The molecule has 7 heteroatoms. The van der Waals surface area contributed by atoms with Crippen molar-refractivity contribution in [2.24, 2.45) is 7.05 Å². The maximum Gasteiger partial charge on any atom is 0.241 e. The smallest absolute Gasteiger partial charge is 0.241 e. The second kappa shape index (κ2) is 5.82. The zero-order valence-electron chi connectivity index (χ0n) is 12.8. The molecule has 2 N–H and O–H groups in total. The first kappa shape index (κ1) is 14.8. The molecule has 7 nitrogen and oxygen atoms in total. The molecule has 0 aliphatic rings. The van der Waals surface area contributed by atoms with Crippen LogP contribution in [0.1, 0.15) is 5.69 Å². The van der Waals surface area contributed by atoms with E-state index in [1.165, 1.54) is 0 Å². The Morgan fingerprint density at radius 1 is 1.05 bits per heavy atom. The van der Waals surface area contributed by atoms with Gasteiger partial charge in [-0.15, -0.1) is 0 Å². The Labute approximate surface area is 123 Å². The van der Waals surface area contributed by atoms with Crippen molar-refractivity contribution in [3.8, 4) is 28.9 Å². The number of aryl methyl sites for hydroxylation is 2. The molecule has 114 valence electrons. The lowest BCUT2D eigenvalue weighted by Crippen LogP contribution is -1.99. The Morgan fingerprint density at radius 2 is 1.62 bits per heavy atom. The molecule has 1 aromatic carbocycles. The van der Waals surface area contributed by atoms with Crippen molar-refractivity contribution in [1.82, 2.24) is 9.78 Å². The number of methoxy groups -OCH3 is 3. The largest absolute Gasteiger partial charge is 0.493 e. The standard InChI is InChI=1S/C14H19N3O4/c1-8-12(15)14(17(2)16-8)21-9-6-10(18-3)13(20-5)11(7-9)19-4/h6-7H,15H2,1-5H3. The molecule has 0 bridgehead atoms. The number of ether oxygens (including phenoxy) is 4. The van der Waals surface area contributed by atoms with Gasteiger partial charge in [0.1, 0.15) is 11.4 Å². The van der Waals surface area contributed by atoms with Crippen molar-refractivity contribution in [2.45, 2.75) is 6.92 Å². The molecule has 0 atom stereocenters. The van der Waals surface area contributed by atoms with Crippen molar-refractivity contribution >= 4 is 5.69 Å². The van der Waals surface area contributed by atoms with E-state index in [0.717, 1.165) is 0 Å². The van der Waals surface area contributed by atoms with Crippen LogP contribution in [0.4, 0.5) is 5.69 Å². The van der Waals surface area contributed by atoms with E-state index in [4.69, 9.17) is 24.7 Å². The van der Waals surface area contributed by atoms with Crippen molar-refractivity contribution in [3.05, 3.63) is 17.8 Å². The van der Waals surface area contributed by atoms with E-state index in [1.807, 2.05) is 6.92 Å². The van der Waals surface area contributed by atoms with Gasteiger partial charge in [-0.3, -0.25) is 0 Å². The molecule has 0 amide bonds. The Bertz CT molecular complexity index is 627. The Kier molecular flexibility index (Phi) is 4.11. The molecule has 0 saturated heterocycles. The van der Waals surface area contributed by atoms with Crippen molar-refractivity contribution in [3.63, 3.8) is 0 Å². The van der Waals surface area contributed by atoms with Crippen LogP contribution in [-0.2, 0) is 7.05 Å². The van der Waals surface area contributed by atoms with Gasteiger partial charge in [-0.1, -0.05) is 0 Å². The predicted molar refractivity (Wildman–Crippen MR) is 78.5 cm³/mol. The fourth-order valence-corrected chi connectivity index (χ4v) is 2.00. The Morgan fingerprint density at radius 3 is 2.00 bits per heavy atom. The number of nitrogens with zero attached hydrogens (tertiary/aromatic N) is 2. The van der Waals surface area contributed by atoms with Gasteiger partial charge in [-0.25, -0.2) is 4.68 Å². The van der Waals surface area contributed by atoms with E-state index < -0.39 is 0 Å². The molecular weight excluding hydrogens is 274 g/mol. The van der Waals surface area contributed by atoms with Gasteiger partial charge in [0.25, 0.3) is 0 Å². The summed E-state index contributed by atoms with van der Waals surface area (Å²) in [7, 11) is 6.40. The van der Waals surface area contributed by atoms with Crippen LogP contribution in [0, 0.1) is 6.92 Å². The van der Waals surface area contributed by atoms with Crippen LogP contribution in [0.3, 0.4) is 0 Å². The first-order valence-corrected chi connectivity index (χ1v) is 6.28. The summed E-state index contributed by atoms with van der Waals surface area (Å²) in [5, 5.41) is 4.21. The van der Waals surface area contributed by atoms with Gasteiger partial charge in [-0.05, 0) is 6.92 Å². The van der Waals surface area contributed by atoms with Gasteiger partial charge in [0.05, 0.1) is 27.0 Å². The molecule has 0 radical (unpaired) electrons. The van der Waals surface area contributed by atoms with Crippen molar-refractivity contribution in [1.29, 1.82) is 0 Å². The maximum atomic E-state index is 5.95. The van der Waals surface area contributed by atoms with Crippen molar-refractivity contribution in [2.75, 3.05) is 27.1 Å². The highest BCUT2D eigenvalue weighted by atomic mass is 16.5. The van der Waals surface area contributed by atoms with Gasteiger partial charge in [-0.2, -0.15) is 5.10 Å². The molecule has 0 saturated carbocycles. The lowest BCUT2D eigenvalue weighted by molar-refractivity contribution is 0.320. The summed E-state index contributed by atoms with van der Waals surface area (Å²) in [6.07, 6.45) is 0. The number of benzene rings is 1. The monoisotopic (exact) mass is 293 g/mol. The third kappa shape index (κ3) is 2.67. The fraction of sp³-hybridized carbons (Fsp3) is 0.357. The zero-order valence-corrected chi connectivity index (χ0v) is 12.8. The maximum absolute atomic E-state index is 5.95. The molecule has 0 fully saturated rings. The number of nitrogen functional groups attached to an aromatic ring is 1. The number of nitrogens with two attached hydrogens (primary N) is 1. The summed E-state index contributed by atoms with van der Waals surface area (Å²) in [5.74, 6) is 2.48. The summed E-state index contributed by atoms with van der Waals surface area (Å²) in [5.41, 5.74) is 7.15. The second-order valence-electron chi connectivity index (χ2n) is 4.39. The summed E-state index contributed by atoms with van der Waals surface area (Å²) >= 11 is 0. The molecule has 1 heterocycles. The van der Waals surface area contributed by atoms with Crippen LogP contribution >= 0.6 is 0 Å². The van der Waals surface area contributed by atoms with Gasteiger partial charge >= 0.3 is 0 Å². The van der Waals surface area contributed by atoms with E-state index in [9.17, 15) is 0 Å². The highest BCUT2D eigenvalue weighted by Crippen LogP contribution is 2.42. The van der Waals surface area contributed by atoms with E-state index in [2.05, 4.69) is 5.10 Å². The van der Waals surface area contributed by atoms with Gasteiger partial charge in [0.15, 0.2) is 11.5 Å². The molecule has 1 aromatic heterocycles. The van der Waals surface area contributed by atoms with Gasteiger partial charge in [0, 0.05) is 19.2 Å². The number of aromatic nitrogens is 2. The number of rotatable bonds is 5. The molecule has 0 unspecified atom stereocenters. The Balaban J connectivity index is 2.45. The minimum absolute atomic E-state index is 0.460. The van der Waals surface area contributed by atoms with E-state index in [1.54, 1.807) is 45.2 Å². The van der Waals surface area contributed by atoms with Crippen LogP contribution < -0.4 is 24.7 Å². The van der Waals surface area contributed by atoms with Crippen LogP contribution in [0.5, 0.6) is 28.9 Å². The molecular formula is C14H19N3O4. The van der Waals surface area contributed by atoms with E-state index >= 15 is 0 Å². The second-order valence-corrected chi connectivity index (χ2v) is 4.39. The van der Waals surface area contributed by atoms with E-state index in [0.29, 0.717) is 40.3 Å². The van der Waals surface area contributed by atoms with Crippen LogP contribution in [0.2, 0.25) is 0 Å². The SMILES string of the molecule is COc1cc(Oc2c(N)c(C)nn2C)cc(OC)c1OC. The van der Waals surface area contributed by atoms with Crippen molar-refractivity contribution < 1.29 is 18.9 Å². The number of hydrogen-bond donors (Lipinski definition) is 1. The molecule has 2 rings (SSSR count). The van der Waals surface area contributed by atoms with Crippen LogP contribution in [-0.4, -0.2) is 31.1 Å². The molecule has 0 aliphatic heterocycles. The first-order chi connectivity index (χ1) is 10.0. The summed E-state index contributed by atoms with van der Waals surface area (Å²) in [4.78, 5) is 0. The number of anilines is 1. The highest BCUT2D eigenvalue weighted by molar-refractivity contribution is 5.58. The zero-order chi connectivity index (χ0) is 15.6. The lowest BCUT2D eigenvalue weighted by Gasteiger charge is -2.14. The number of hydrogen-bond acceptors (Lipinski definition) is 6.